The molecule has 28 heavy (non-hydrogen) atoms. The lowest BCUT2D eigenvalue weighted by molar-refractivity contribution is -0.119. The third-order valence-corrected chi connectivity index (χ3v) is 7.02. The van der Waals surface area contributed by atoms with Gasteiger partial charge in [-0.3, -0.25) is 19.8 Å². The molecule has 8 nitrogen and oxygen atoms in total. The van der Waals surface area contributed by atoms with Crippen molar-refractivity contribution in [2.24, 2.45) is 0 Å². The fourth-order valence-corrected chi connectivity index (χ4v) is 5.28. The van der Waals surface area contributed by atoms with Crippen LogP contribution in [-0.4, -0.2) is 45.4 Å². The second-order valence-corrected chi connectivity index (χ2v) is 9.80. The first-order valence-corrected chi connectivity index (χ1v) is 11.6. The zero-order valence-electron chi connectivity index (χ0n) is 16.3. The van der Waals surface area contributed by atoms with Gasteiger partial charge in [0.25, 0.3) is 0 Å². The number of nitrogens with one attached hydrogen (secondary N) is 2. The lowest BCUT2D eigenvalue weighted by Gasteiger charge is -2.22. The number of carbonyl (C=O) groups is 3. The third kappa shape index (κ3) is 5.66. The van der Waals surface area contributed by atoms with Crippen molar-refractivity contribution in [3.05, 3.63) is 0 Å². The van der Waals surface area contributed by atoms with E-state index in [-0.39, 0.29) is 23.9 Å². The molecule has 1 aromatic rings. The van der Waals surface area contributed by atoms with Crippen LogP contribution in [0.4, 0.5) is 9.93 Å². The van der Waals surface area contributed by atoms with Crippen LogP contribution in [0.1, 0.15) is 65.2 Å². The molecule has 0 bridgehead atoms. The molecule has 2 aliphatic carbocycles. The van der Waals surface area contributed by atoms with Gasteiger partial charge in [0.05, 0.1) is 5.25 Å². The monoisotopic (exact) mass is 425 g/mol. The fourth-order valence-electron chi connectivity index (χ4n) is 3.20. The maximum absolute atomic E-state index is 12.3. The minimum absolute atomic E-state index is 0.0420. The summed E-state index contributed by atoms with van der Waals surface area (Å²) >= 11 is 2.56. The quantitative estimate of drug-likeness (QED) is 0.514. The third-order valence-electron chi connectivity index (χ3n) is 4.91. The van der Waals surface area contributed by atoms with E-state index in [2.05, 4.69) is 20.8 Å². The Hall–Kier alpha value is -1.68. The normalized spacial score (nSPS) is 18.4. The highest BCUT2D eigenvalue weighted by atomic mass is 32.2. The lowest BCUT2D eigenvalue weighted by Crippen LogP contribution is -2.47. The van der Waals surface area contributed by atoms with E-state index in [1.165, 1.54) is 29.5 Å². The van der Waals surface area contributed by atoms with Crippen molar-refractivity contribution in [1.29, 1.82) is 0 Å². The number of hydrogen-bond donors (Lipinski definition) is 2. The smallest absolute Gasteiger partial charge is 0.321 e. The Kier molecular flexibility index (Phi) is 7.28. The molecule has 1 aromatic heterocycles. The second kappa shape index (κ2) is 9.69. The van der Waals surface area contributed by atoms with Crippen LogP contribution in [0.5, 0.6) is 0 Å². The van der Waals surface area contributed by atoms with Crippen molar-refractivity contribution < 1.29 is 14.4 Å². The van der Waals surface area contributed by atoms with E-state index in [9.17, 15) is 14.4 Å². The SMILES string of the molecule is CCC(=O)N(c1nnc(S[C@@H](C)C(=O)NC(=O)NC2CCCCC2)s1)C1CC1. The van der Waals surface area contributed by atoms with Gasteiger partial charge in [-0.05, 0) is 32.6 Å². The van der Waals surface area contributed by atoms with E-state index in [1.807, 2.05) is 6.92 Å². The molecule has 0 spiro atoms. The number of aromatic nitrogens is 2. The summed E-state index contributed by atoms with van der Waals surface area (Å²) in [5, 5.41) is 13.6. The molecule has 0 unspecified atom stereocenters. The zero-order valence-corrected chi connectivity index (χ0v) is 17.9. The number of amides is 4. The van der Waals surface area contributed by atoms with E-state index >= 15 is 0 Å². The average Bonchev–Trinajstić information content (AvgIpc) is 3.41. The molecule has 0 saturated heterocycles. The number of hydrogen-bond acceptors (Lipinski definition) is 7. The Labute approximate surface area is 173 Å². The average molecular weight is 426 g/mol. The van der Waals surface area contributed by atoms with Crippen molar-refractivity contribution in [2.45, 2.75) is 86.9 Å². The van der Waals surface area contributed by atoms with Crippen LogP contribution >= 0.6 is 23.1 Å². The van der Waals surface area contributed by atoms with Gasteiger partial charge in [-0.15, -0.1) is 10.2 Å². The Morgan fingerprint density at radius 1 is 1.18 bits per heavy atom. The number of anilines is 1. The number of thioether (sulfide) groups is 1. The number of nitrogens with zero attached hydrogens (tertiary/aromatic N) is 3. The van der Waals surface area contributed by atoms with Crippen LogP contribution in [0.3, 0.4) is 0 Å². The highest BCUT2D eigenvalue weighted by Crippen LogP contribution is 2.37. The molecule has 10 heteroatoms. The van der Waals surface area contributed by atoms with Crippen LogP contribution in [0, 0.1) is 0 Å². The lowest BCUT2D eigenvalue weighted by atomic mass is 9.96. The van der Waals surface area contributed by atoms with Crippen molar-refractivity contribution in [3.8, 4) is 0 Å². The first kappa shape index (κ1) is 21.0. The van der Waals surface area contributed by atoms with E-state index in [1.54, 1.807) is 11.8 Å². The minimum Gasteiger partial charge on any atom is -0.335 e. The first-order valence-electron chi connectivity index (χ1n) is 9.91. The van der Waals surface area contributed by atoms with Crippen LogP contribution < -0.4 is 15.5 Å². The molecule has 2 aliphatic rings. The fraction of sp³-hybridized carbons (Fsp3) is 0.722. The van der Waals surface area contributed by atoms with Crippen molar-refractivity contribution in [2.75, 3.05) is 4.90 Å². The van der Waals surface area contributed by atoms with Crippen LogP contribution in [0.2, 0.25) is 0 Å². The van der Waals surface area contributed by atoms with Gasteiger partial charge in [0.1, 0.15) is 0 Å². The highest BCUT2D eigenvalue weighted by molar-refractivity contribution is 8.02. The number of imide groups is 1. The van der Waals surface area contributed by atoms with Crippen molar-refractivity contribution in [1.82, 2.24) is 20.8 Å². The summed E-state index contributed by atoms with van der Waals surface area (Å²) < 4.78 is 0.611. The van der Waals surface area contributed by atoms with E-state index < -0.39 is 11.3 Å². The van der Waals surface area contributed by atoms with E-state index in [0.29, 0.717) is 15.9 Å². The molecule has 154 valence electrons. The molecule has 0 aliphatic heterocycles. The molecule has 2 saturated carbocycles. The summed E-state index contributed by atoms with van der Waals surface area (Å²) in [4.78, 5) is 38.2. The summed E-state index contributed by atoms with van der Waals surface area (Å²) in [6.07, 6.45) is 7.77. The molecule has 1 atom stereocenters. The molecule has 4 amide bonds. The summed E-state index contributed by atoms with van der Waals surface area (Å²) in [5.41, 5.74) is 0. The van der Waals surface area contributed by atoms with Gasteiger partial charge >= 0.3 is 6.03 Å². The topological polar surface area (TPSA) is 104 Å². The predicted octanol–water partition coefficient (Wildman–Crippen LogP) is 3.08. The number of rotatable bonds is 7. The van der Waals surface area contributed by atoms with Crippen molar-refractivity contribution >= 4 is 46.1 Å². The van der Waals surface area contributed by atoms with E-state index in [0.717, 1.165) is 38.5 Å². The van der Waals surface area contributed by atoms with Gasteiger partial charge in [-0.1, -0.05) is 49.3 Å². The molecule has 2 N–H and O–H groups in total. The van der Waals surface area contributed by atoms with Crippen LogP contribution in [0.15, 0.2) is 4.34 Å². The van der Waals surface area contributed by atoms with Gasteiger partial charge in [0, 0.05) is 18.5 Å². The van der Waals surface area contributed by atoms with Crippen molar-refractivity contribution in [3.63, 3.8) is 0 Å². The van der Waals surface area contributed by atoms with Gasteiger partial charge in [0.2, 0.25) is 16.9 Å². The van der Waals surface area contributed by atoms with Gasteiger partial charge < -0.3 is 5.32 Å². The Balaban J connectivity index is 1.50. The summed E-state index contributed by atoms with van der Waals surface area (Å²) in [6.45, 7) is 3.56. The first-order chi connectivity index (χ1) is 13.5. The Morgan fingerprint density at radius 2 is 1.89 bits per heavy atom. The largest absolute Gasteiger partial charge is 0.335 e. The molecule has 0 radical (unpaired) electrons. The standard InChI is InChI=1S/C18H27N5O3S2/c1-3-14(24)23(13-9-10-13)17-21-22-18(28-17)27-11(2)15(25)20-16(26)19-12-7-5-4-6-8-12/h11-13H,3-10H2,1-2H3,(H2,19,20,25,26)/t11-/m0/s1. The molecular formula is C18H27N5O3S2. The maximum Gasteiger partial charge on any atom is 0.321 e. The molecule has 3 rings (SSSR count). The van der Waals surface area contributed by atoms with Crippen LogP contribution in [0.25, 0.3) is 0 Å². The number of urea groups is 1. The predicted molar refractivity (Wildman–Crippen MR) is 110 cm³/mol. The van der Waals surface area contributed by atoms with Gasteiger partial charge in [-0.2, -0.15) is 0 Å². The van der Waals surface area contributed by atoms with Gasteiger partial charge in [-0.25, -0.2) is 4.79 Å². The Bertz CT molecular complexity index is 716. The summed E-state index contributed by atoms with van der Waals surface area (Å²) in [7, 11) is 0. The van der Waals surface area contributed by atoms with E-state index in [4.69, 9.17) is 0 Å². The van der Waals surface area contributed by atoms with Gasteiger partial charge in [0.15, 0.2) is 4.34 Å². The highest BCUT2D eigenvalue weighted by Gasteiger charge is 2.35. The molecule has 2 fully saturated rings. The molecule has 0 aromatic carbocycles. The minimum atomic E-state index is -0.492. The summed E-state index contributed by atoms with van der Waals surface area (Å²) in [5.74, 6) is -0.320. The maximum atomic E-state index is 12.3. The molecule has 1 heterocycles. The zero-order chi connectivity index (χ0) is 20.1. The summed E-state index contributed by atoms with van der Waals surface area (Å²) in [6, 6.07) is -0.0575. The molecular weight excluding hydrogens is 398 g/mol. The Morgan fingerprint density at radius 3 is 2.54 bits per heavy atom. The second-order valence-electron chi connectivity index (χ2n) is 7.26. The van der Waals surface area contributed by atoms with Crippen LogP contribution in [-0.2, 0) is 9.59 Å². The number of carbonyl (C=O) groups excluding carboxylic acids is 3.